The van der Waals surface area contributed by atoms with Gasteiger partial charge in [0, 0.05) is 18.9 Å². The fourth-order valence-electron chi connectivity index (χ4n) is 2.90. The Morgan fingerprint density at radius 2 is 2.00 bits per heavy atom. The lowest BCUT2D eigenvalue weighted by Crippen LogP contribution is -2.34. The highest BCUT2D eigenvalue weighted by Crippen LogP contribution is 2.32. The molecule has 6 heteroatoms. The van der Waals surface area contributed by atoms with E-state index in [1.54, 1.807) is 0 Å². The number of benzene rings is 1. The van der Waals surface area contributed by atoms with Crippen LogP contribution in [-0.4, -0.2) is 50.3 Å². The molecule has 0 unspecified atom stereocenters. The van der Waals surface area contributed by atoms with E-state index in [1.165, 1.54) is 12.8 Å². The lowest BCUT2D eigenvalue weighted by Gasteiger charge is -2.29. The van der Waals surface area contributed by atoms with Gasteiger partial charge in [-0.3, -0.25) is 4.79 Å². The molecule has 1 amide bonds. The highest BCUT2D eigenvalue weighted by atomic mass is 16.7. The second-order valence-corrected chi connectivity index (χ2v) is 6.69. The number of carbonyl (C=O) groups is 1. The molecule has 2 aliphatic rings. The number of allylic oxidation sites excluding steroid dienone is 1. The molecule has 1 aliphatic heterocycles. The van der Waals surface area contributed by atoms with Gasteiger partial charge in [-0.2, -0.15) is 0 Å². The summed E-state index contributed by atoms with van der Waals surface area (Å²) in [5.41, 5.74) is 1.13. The van der Waals surface area contributed by atoms with E-state index in [4.69, 9.17) is 19.3 Å². The summed E-state index contributed by atoms with van der Waals surface area (Å²) in [7, 11) is 0. The van der Waals surface area contributed by atoms with Gasteiger partial charge < -0.3 is 24.6 Å². The van der Waals surface area contributed by atoms with E-state index in [2.05, 4.69) is 5.32 Å². The number of aliphatic hydroxyl groups is 1. The van der Waals surface area contributed by atoms with Gasteiger partial charge in [0.2, 0.25) is 6.29 Å². The van der Waals surface area contributed by atoms with Crippen LogP contribution in [-0.2, 0) is 19.0 Å². The quantitative estimate of drug-likeness (QED) is 0.623. The summed E-state index contributed by atoms with van der Waals surface area (Å²) < 4.78 is 16.7. The van der Waals surface area contributed by atoms with E-state index in [-0.39, 0.29) is 25.0 Å². The predicted molar refractivity (Wildman–Crippen MR) is 96.3 cm³/mol. The molecule has 1 heterocycles. The van der Waals surface area contributed by atoms with Crippen LogP contribution in [0.5, 0.6) is 0 Å². The summed E-state index contributed by atoms with van der Waals surface area (Å²) in [5.74, 6) is 0.827. The van der Waals surface area contributed by atoms with Gasteiger partial charge >= 0.3 is 0 Å². The van der Waals surface area contributed by atoms with E-state index in [0.29, 0.717) is 37.9 Å². The molecule has 2 atom stereocenters. The van der Waals surface area contributed by atoms with Gasteiger partial charge in [-0.1, -0.05) is 30.3 Å². The summed E-state index contributed by atoms with van der Waals surface area (Å²) in [4.78, 5) is 12.5. The first-order valence-electron chi connectivity index (χ1n) is 9.28. The first-order valence-corrected chi connectivity index (χ1v) is 9.28. The zero-order valence-corrected chi connectivity index (χ0v) is 14.9. The molecule has 26 heavy (non-hydrogen) atoms. The monoisotopic (exact) mass is 361 g/mol. The number of amides is 1. The fraction of sp³-hybridized carbons (Fsp3) is 0.550. The Kier molecular flexibility index (Phi) is 7.05. The highest BCUT2D eigenvalue weighted by molar-refractivity contribution is 5.91. The SMILES string of the molecule is O=C(NCC1CC1)C1=C[C@@H](c2ccccc2)C[C@@H](OCCOCCO)O1. The minimum absolute atomic E-state index is 0.00986. The largest absolute Gasteiger partial charge is 0.459 e. The van der Waals surface area contributed by atoms with Crippen molar-refractivity contribution in [3.05, 3.63) is 47.7 Å². The predicted octanol–water partition coefficient (Wildman–Crippen LogP) is 1.95. The van der Waals surface area contributed by atoms with Crippen LogP contribution in [0.3, 0.4) is 0 Å². The minimum atomic E-state index is -0.496. The molecule has 0 bridgehead atoms. The average molecular weight is 361 g/mol. The Labute approximate surface area is 154 Å². The zero-order chi connectivity index (χ0) is 18.2. The number of hydrogen-bond donors (Lipinski definition) is 2. The Morgan fingerprint density at radius 1 is 1.19 bits per heavy atom. The second kappa shape index (κ2) is 9.71. The van der Waals surface area contributed by atoms with Gasteiger partial charge in [0.05, 0.1) is 26.4 Å². The van der Waals surface area contributed by atoms with Gasteiger partial charge in [-0.05, 0) is 30.4 Å². The molecule has 3 rings (SSSR count). The number of nitrogens with one attached hydrogen (secondary N) is 1. The van der Waals surface area contributed by atoms with Crippen LogP contribution in [0.1, 0.15) is 30.7 Å². The van der Waals surface area contributed by atoms with E-state index in [1.807, 2.05) is 36.4 Å². The zero-order valence-electron chi connectivity index (χ0n) is 14.9. The van der Waals surface area contributed by atoms with Gasteiger partial charge in [-0.15, -0.1) is 0 Å². The lowest BCUT2D eigenvalue weighted by atomic mass is 9.93. The molecule has 0 saturated heterocycles. The number of hydrogen-bond acceptors (Lipinski definition) is 5. The van der Waals surface area contributed by atoms with Crippen molar-refractivity contribution in [1.29, 1.82) is 0 Å². The Hall–Kier alpha value is -1.89. The van der Waals surface area contributed by atoms with Gasteiger partial charge in [0.25, 0.3) is 5.91 Å². The van der Waals surface area contributed by atoms with Crippen molar-refractivity contribution in [1.82, 2.24) is 5.32 Å². The summed E-state index contributed by atoms with van der Waals surface area (Å²) in [6, 6.07) is 10.1. The van der Waals surface area contributed by atoms with Crippen molar-refractivity contribution in [3.63, 3.8) is 0 Å². The topological polar surface area (TPSA) is 77.0 Å². The third-order valence-electron chi connectivity index (χ3n) is 4.52. The van der Waals surface area contributed by atoms with Crippen LogP contribution in [0.15, 0.2) is 42.2 Å². The highest BCUT2D eigenvalue weighted by Gasteiger charge is 2.29. The number of rotatable bonds is 10. The summed E-state index contributed by atoms with van der Waals surface area (Å²) in [6.45, 7) is 1.71. The Morgan fingerprint density at radius 3 is 2.73 bits per heavy atom. The molecule has 1 saturated carbocycles. The fourth-order valence-corrected chi connectivity index (χ4v) is 2.90. The minimum Gasteiger partial charge on any atom is -0.459 e. The number of carbonyl (C=O) groups excluding carboxylic acids is 1. The molecular weight excluding hydrogens is 334 g/mol. The first-order chi connectivity index (χ1) is 12.8. The smallest absolute Gasteiger partial charge is 0.286 e. The third-order valence-corrected chi connectivity index (χ3v) is 4.52. The van der Waals surface area contributed by atoms with Crippen LogP contribution in [0, 0.1) is 5.92 Å². The molecule has 0 spiro atoms. The van der Waals surface area contributed by atoms with Crippen molar-refractivity contribution < 1.29 is 24.1 Å². The second-order valence-electron chi connectivity index (χ2n) is 6.69. The van der Waals surface area contributed by atoms with Gasteiger partial charge in [0.15, 0.2) is 5.76 Å². The van der Waals surface area contributed by atoms with Crippen LogP contribution in [0.25, 0.3) is 0 Å². The Balaban J connectivity index is 1.60. The van der Waals surface area contributed by atoms with Crippen molar-refractivity contribution in [2.45, 2.75) is 31.5 Å². The maximum Gasteiger partial charge on any atom is 0.286 e. The molecule has 2 N–H and O–H groups in total. The maximum atomic E-state index is 12.5. The van der Waals surface area contributed by atoms with Crippen molar-refractivity contribution in [3.8, 4) is 0 Å². The first kappa shape index (κ1) is 18.9. The lowest BCUT2D eigenvalue weighted by molar-refractivity contribution is -0.151. The van der Waals surface area contributed by atoms with Gasteiger partial charge in [0.1, 0.15) is 0 Å². The molecule has 1 fully saturated rings. The maximum absolute atomic E-state index is 12.5. The molecule has 1 aliphatic carbocycles. The van der Waals surface area contributed by atoms with E-state index in [9.17, 15) is 4.79 Å². The molecule has 142 valence electrons. The number of aliphatic hydroxyl groups excluding tert-OH is 1. The molecule has 6 nitrogen and oxygen atoms in total. The van der Waals surface area contributed by atoms with Crippen molar-refractivity contribution >= 4 is 5.91 Å². The van der Waals surface area contributed by atoms with Crippen LogP contribution >= 0.6 is 0 Å². The molecular formula is C20H27NO5. The van der Waals surface area contributed by atoms with Crippen molar-refractivity contribution in [2.24, 2.45) is 5.92 Å². The third kappa shape index (κ3) is 5.83. The van der Waals surface area contributed by atoms with Gasteiger partial charge in [-0.25, -0.2) is 0 Å². The number of ether oxygens (including phenoxy) is 3. The summed E-state index contributed by atoms with van der Waals surface area (Å²) >= 11 is 0. The normalized spacial score (nSPS) is 22.4. The standard InChI is InChI=1S/C20H27NO5/c22-8-9-24-10-11-25-19-13-17(16-4-2-1-3-5-16)12-18(26-19)20(23)21-14-15-6-7-15/h1-5,12,15,17,19,22H,6-11,13-14H2,(H,21,23)/t17-,19+/m1/s1. The van der Waals surface area contributed by atoms with E-state index in [0.717, 1.165) is 5.56 Å². The van der Waals surface area contributed by atoms with Crippen LogP contribution in [0.4, 0.5) is 0 Å². The van der Waals surface area contributed by atoms with E-state index < -0.39 is 6.29 Å². The Bertz CT molecular complexity index is 599. The van der Waals surface area contributed by atoms with Crippen molar-refractivity contribution in [2.75, 3.05) is 33.0 Å². The van der Waals surface area contributed by atoms with E-state index >= 15 is 0 Å². The van der Waals surface area contributed by atoms with Crippen LogP contribution in [0.2, 0.25) is 0 Å². The molecule has 1 aromatic carbocycles. The van der Waals surface area contributed by atoms with Crippen LogP contribution < -0.4 is 5.32 Å². The molecule has 0 radical (unpaired) electrons. The molecule has 0 aromatic heterocycles. The summed E-state index contributed by atoms with van der Waals surface area (Å²) in [5, 5.41) is 11.7. The summed E-state index contributed by atoms with van der Waals surface area (Å²) in [6.07, 6.45) is 4.41. The average Bonchev–Trinajstić information content (AvgIpc) is 3.51. The molecule has 1 aromatic rings.